The van der Waals surface area contributed by atoms with Gasteiger partial charge in [0.15, 0.2) is 6.10 Å². The molecule has 2 unspecified atom stereocenters. The molecule has 0 spiro atoms. The molecule has 0 aromatic rings. The Bertz CT molecular complexity index is 1030. The van der Waals surface area contributed by atoms with Crippen LogP contribution in [-0.4, -0.2) is 74.9 Å². The summed E-state index contributed by atoms with van der Waals surface area (Å²) in [4.78, 5) is 35.1. The van der Waals surface area contributed by atoms with Crippen molar-refractivity contribution < 1.29 is 42.1 Å². The Morgan fingerprint density at radius 2 is 1.18 bits per heavy atom. The van der Waals surface area contributed by atoms with Gasteiger partial charge in [-0.3, -0.25) is 18.6 Å². The van der Waals surface area contributed by atoms with E-state index in [0.717, 1.165) is 64.2 Å². The molecule has 0 amide bonds. The molecule has 0 bridgehead atoms. The Kier molecular flexibility index (Phi) is 30.2. The van der Waals surface area contributed by atoms with Gasteiger partial charge in [0.25, 0.3) is 0 Å². The van der Waals surface area contributed by atoms with E-state index >= 15 is 0 Å². The summed E-state index contributed by atoms with van der Waals surface area (Å²) in [5.41, 5.74) is 0. The molecular formula is C39H69NO8P+. The minimum atomic E-state index is -4.38. The second kappa shape index (κ2) is 31.7. The van der Waals surface area contributed by atoms with Crippen molar-refractivity contribution in [3.8, 4) is 0 Å². The Balaban J connectivity index is 4.57. The van der Waals surface area contributed by atoms with E-state index in [1.807, 2.05) is 57.6 Å². The van der Waals surface area contributed by atoms with E-state index in [2.05, 4.69) is 38.2 Å². The summed E-state index contributed by atoms with van der Waals surface area (Å²) in [6.45, 7) is 4.16. The Morgan fingerprint density at radius 1 is 0.653 bits per heavy atom. The number of allylic oxidation sites excluding steroid dienone is 10. The number of quaternary nitrogens is 1. The van der Waals surface area contributed by atoms with Crippen LogP contribution in [0.1, 0.15) is 123 Å². The number of phosphoric ester groups is 1. The van der Waals surface area contributed by atoms with Gasteiger partial charge in [-0.15, -0.1) is 0 Å². The summed E-state index contributed by atoms with van der Waals surface area (Å²) in [5.74, 6) is -0.865. The molecule has 0 saturated heterocycles. The molecule has 0 aliphatic heterocycles. The first-order valence-electron chi connectivity index (χ1n) is 18.6. The Hall–Kier alpha value is -2.29. The molecule has 9 nitrogen and oxygen atoms in total. The van der Waals surface area contributed by atoms with Crippen molar-refractivity contribution in [1.29, 1.82) is 0 Å². The number of esters is 2. The van der Waals surface area contributed by atoms with Gasteiger partial charge in [-0.05, 0) is 57.8 Å². The predicted molar refractivity (Wildman–Crippen MR) is 201 cm³/mol. The SMILES string of the molecule is CC/C=C/C=C/C=C/C=C/CCCCCC(=O)OC(COC(=O)CCCCCCC/C=C/CCCCC)COP(=O)(O)OCC[N+](C)(C)C. The van der Waals surface area contributed by atoms with Gasteiger partial charge in [0.2, 0.25) is 0 Å². The lowest BCUT2D eigenvalue weighted by atomic mass is 10.1. The number of hydrogen-bond donors (Lipinski definition) is 1. The number of hydrogen-bond acceptors (Lipinski definition) is 7. The van der Waals surface area contributed by atoms with E-state index in [1.165, 1.54) is 25.7 Å². The lowest BCUT2D eigenvalue weighted by Gasteiger charge is -2.24. The highest BCUT2D eigenvalue weighted by Crippen LogP contribution is 2.43. The van der Waals surface area contributed by atoms with Crippen LogP contribution in [0.4, 0.5) is 0 Å². The highest BCUT2D eigenvalue weighted by Gasteiger charge is 2.27. The second-order valence-corrected chi connectivity index (χ2v) is 14.8. The van der Waals surface area contributed by atoms with E-state index in [9.17, 15) is 19.0 Å². The molecule has 0 aliphatic carbocycles. The van der Waals surface area contributed by atoms with Crippen LogP contribution in [0, 0.1) is 0 Å². The summed E-state index contributed by atoms with van der Waals surface area (Å²) >= 11 is 0. The summed E-state index contributed by atoms with van der Waals surface area (Å²) in [6, 6.07) is 0. The molecule has 0 saturated carbocycles. The third-order valence-electron chi connectivity index (χ3n) is 7.38. The van der Waals surface area contributed by atoms with Crippen molar-refractivity contribution in [1.82, 2.24) is 0 Å². The van der Waals surface area contributed by atoms with E-state index < -0.39 is 32.5 Å². The zero-order chi connectivity index (χ0) is 36.5. The average Bonchev–Trinajstić information content (AvgIpc) is 3.04. The fraction of sp³-hybridized carbons (Fsp3) is 0.692. The maximum Gasteiger partial charge on any atom is 0.472 e. The Labute approximate surface area is 298 Å². The molecule has 49 heavy (non-hydrogen) atoms. The minimum Gasteiger partial charge on any atom is -0.462 e. The van der Waals surface area contributed by atoms with Gasteiger partial charge >= 0.3 is 19.8 Å². The molecular weight excluding hydrogens is 641 g/mol. The molecule has 0 radical (unpaired) electrons. The van der Waals surface area contributed by atoms with Gasteiger partial charge in [0, 0.05) is 12.8 Å². The number of nitrogens with zero attached hydrogens (tertiary/aromatic N) is 1. The lowest BCUT2D eigenvalue weighted by molar-refractivity contribution is -0.870. The number of likely N-dealkylation sites (N-methyl/N-ethyl adjacent to an activating group) is 1. The van der Waals surface area contributed by atoms with Crippen LogP contribution >= 0.6 is 7.82 Å². The summed E-state index contributed by atoms with van der Waals surface area (Å²) in [7, 11) is 1.43. The van der Waals surface area contributed by atoms with Crippen LogP contribution in [0.2, 0.25) is 0 Å². The topological polar surface area (TPSA) is 108 Å². The number of rotatable bonds is 32. The highest BCUT2D eigenvalue weighted by atomic mass is 31.2. The molecule has 2 atom stereocenters. The van der Waals surface area contributed by atoms with Crippen LogP contribution in [-0.2, 0) is 32.7 Å². The number of carbonyl (C=O) groups is 2. The molecule has 0 fully saturated rings. The van der Waals surface area contributed by atoms with Gasteiger partial charge in [0.05, 0.1) is 27.7 Å². The first-order chi connectivity index (χ1) is 23.5. The summed E-state index contributed by atoms with van der Waals surface area (Å²) in [5, 5.41) is 0. The zero-order valence-electron chi connectivity index (χ0n) is 31.4. The van der Waals surface area contributed by atoms with E-state index in [0.29, 0.717) is 17.4 Å². The summed E-state index contributed by atoms with van der Waals surface area (Å²) in [6.07, 6.45) is 35.6. The highest BCUT2D eigenvalue weighted by molar-refractivity contribution is 7.47. The lowest BCUT2D eigenvalue weighted by Crippen LogP contribution is -2.37. The van der Waals surface area contributed by atoms with Crippen LogP contribution in [0.15, 0.2) is 60.8 Å². The van der Waals surface area contributed by atoms with Crippen molar-refractivity contribution in [2.75, 3.05) is 47.5 Å². The van der Waals surface area contributed by atoms with Gasteiger partial charge < -0.3 is 18.9 Å². The van der Waals surface area contributed by atoms with Crippen LogP contribution in [0.3, 0.4) is 0 Å². The quantitative estimate of drug-likeness (QED) is 0.0184. The van der Waals surface area contributed by atoms with E-state index in [1.54, 1.807) is 0 Å². The maximum atomic E-state index is 12.6. The van der Waals surface area contributed by atoms with Crippen LogP contribution in [0.5, 0.6) is 0 Å². The largest absolute Gasteiger partial charge is 0.472 e. The number of carbonyl (C=O) groups excluding carboxylic acids is 2. The first kappa shape index (κ1) is 46.7. The van der Waals surface area contributed by atoms with Gasteiger partial charge in [-0.2, -0.15) is 0 Å². The molecule has 0 heterocycles. The minimum absolute atomic E-state index is 0.0195. The molecule has 0 aliphatic rings. The van der Waals surface area contributed by atoms with Crippen molar-refractivity contribution in [2.45, 2.75) is 129 Å². The van der Waals surface area contributed by atoms with Gasteiger partial charge in [0.1, 0.15) is 19.8 Å². The maximum absolute atomic E-state index is 12.6. The van der Waals surface area contributed by atoms with Crippen LogP contribution < -0.4 is 0 Å². The molecule has 1 N–H and O–H groups in total. The van der Waals surface area contributed by atoms with Crippen molar-refractivity contribution in [2.24, 2.45) is 0 Å². The van der Waals surface area contributed by atoms with Crippen molar-refractivity contribution in [3.05, 3.63) is 60.8 Å². The van der Waals surface area contributed by atoms with E-state index in [4.69, 9.17) is 18.5 Å². The number of unbranched alkanes of at least 4 members (excludes halogenated alkanes) is 11. The van der Waals surface area contributed by atoms with Crippen molar-refractivity contribution in [3.63, 3.8) is 0 Å². The molecule has 0 aromatic heterocycles. The third-order valence-corrected chi connectivity index (χ3v) is 8.36. The molecule has 282 valence electrons. The number of ether oxygens (including phenoxy) is 2. The van der Waals surface area contributed by atoms with Gasteiger partial charge in [-0.25, -0.2) is 4.57 Å². The van der Waals surface area contributed by atoms with Crippen LogP contribution in [0.25, 0.3) is 0 Å². The normalized spacial score (nSPS) is 14.5. The third kappa shape index (κ3) is 35.3. The first-order valence-corrected chi connectivity index (χ1v) is 20.1. The fourth-order valence-corrected chi connectivity index (χ4v) is 5.17. The summed E-state index contributed by atoms with van der Waals surface area (Å²) < 4.78 is 34.0. The molecule has 0 rings (SSSR count). The van der Waals surface area contributed by atoms with Crippen molar-refractivity contribution >= 4 is 19.8 Å². The standard InChI is InChI=1S/C39H68NO8P/c1-6-8-10-12-14-16-18-20-22-24-26-28-30-32-39(42)48-37(36-47-49(43,44)46-34-33-40(3,4)5)35-45-38(41)31-29-27-25-23-21-19-17-15-13-11-9-7-2/h8,10,12,14-18,20,22,37H,6-7,9,11,13,19,21,23-36H2,1-5H3/p+1/b10-8+,14-12+,17-15+,18-16+,22-20+. The molecule has 0 aromatic carbocycles. The van der Waals surface area contributed by atoms with E-state index in [-0.39, 0.29) is 26.1 Å². The fourth-order valence-electron chi connectivity index (χ4n) is 4.43. The van der Waals surface area contributed by atoms with Gasteiger partial charge in [-0.1, -0.05) is 113 Å². The average molecular weight is 711 g/mol. The monoisotopic (exact) mass is 710 g/mol. The zero-order valence-corrected chi connectivity index (χ0v) is 32.3. The molecule has 10 heteroatoms. The predicted octanol–water partition coefficient (Wildman–Crippen LogP) is 9.73. The number of phosphoric acid groups is 1. The smallest absolute Gasteiger partial charge is 0.462 e. The Morgan fingerprint density at radius 3 is 1.82 bits per heavy atom. The second-order valence-electron chi connectivity index (χ2n) is 13.3.